The summed E-state index contributed by atoms with van der Waals surface area (Å²) in [7, 11) is -3.21. The molecule has 1 amide bonds. The number of thioether (sulfide) groups is 1. The van der Waals surface area contributed by atoms with Crippen LogP contribution in [0.2, 0.25) is 0 Å². The zero-order chi connectivity index (χ0) is 22.1. The van der Waals surface area contributed by atoms with Crippen LogP contribution in [0.4, 0.5) is 5.69 Å². The number of amides is 1. The Morgan fingerprint density at radius 2 is 1.74 bits per heavy atom. The predicted molar refractivity (Wildman–Crippen MR) is 127 cm³/mol. The third-order valence-electron chi connectivity index (χ3n) is 5.13. The first kappa shape index (κ1) is 23.6. The molecule has 3 rings (SSSR count). The first-order valence-corrected chi connectivity index (χ1v) is 13.6. The highest BCUT2D eigenvalue weighted by molar-refractivity contribution is 7.99. The lowest BCUT2D eigenvalue weighted by Crippen LogP contribution is -2.34. The molecule has 168 valence electrons. The van der Waals surface area contributed by atoms with Gasteiger partial charge >= 0.3 is 0 Å². The second kappa shape index (κ2) is 11.5. The van der Waals surface area contributed by atoms with Crippen LogP contribution in [0.15, 0.2) is 53.4 Å². The second-order valence-electron chi connectivity index (χ2n) is 7.64. The van der Waals surface area contributed by atoms with Crippen LogP contribution in [0.5, 0.6) is 5.75 Å². The monoisotopic (exact) mass is 462 g/mol. The molecular weight excluding hydrogens is 432 g/mol. The summed E-state index contributed by atoms with van der Waals surface area (Å²) in [5.74, 6) is 3.00. The summed E-state index contributed by atoms with van der Waals surface area (Å²) < 4.78 is 28.5. The number of sulfone groups is 1. The van der Waals surface area contributed by atoms with Crippen molar-refractivity contribution in [1.82, 2.24) is 4.90 Å². The topological polar surface area (TPSA) is 75.7 Å². The molecule has 8 heteroatoms. The molecule has 1 aliphatic heterocycles. The quantitative estimate of drug-likeness (QED) is 0.545. The number of nitrogens with one attached hydrogen (secondary N) is 1. The van der Waals surface area contributed by atoms with E-state index in [1.54, 1.807) is 12.1 Å². The average molecular weight is 463 g/mol. The fourth-order valence-corrected chi connectivity index (χ4v) is 4.91. The lowest BCUT2D eigenvalue weighted by Gasteiger charge is -2.26. The molecule has 0 unspecified atom stereocenters. The molecule has 0 aliphatic carbocycles. The van der Waals surface area contributed by atoms with Crippen LogP contribution in [0.25, 0.3) is 0 Å². The Morgan fingerprint density at radius 1 is 1.06 bits per heavy atom. The molecule has 0 spiro atoms. The van der Waals surface area contributed by atoms with Crippen LogP contribution in [0, 0.1) is 0 Å². The van der Waals surface area contributed by atoms with Crippen molar-refractivity contribution >= 4 is 33.2 Å². The Hall–Kier alpha value is -2.03. The maximum atomic E-state index is 12.2. The maximum absolute atomic E-state index is 12.2. The van der Waals surface area contributed by atoms with E-state index in [-0.39, 0.29) is 10.8 Å². The summed E-state index contributed by atoms with van der Waals surface area (Å²) in [5, 5.41) is 2.92. The molecule has 0 saturated carbocycles. The van der Waals surface area contributed by atoms with Crippen molar-refractivity contribution < 1.29 is 17.9 Å². The summed E-state index contributed by atoms with van der Waals surface area (Å²) in [6, 6.07) is 14.4. The van der Waals surface area contributed by atoms with E-state index < -0.39 is 9.84 Å². The summed E-state index contributed by atoms with van der Waals surface area (Å²) in [5.41, 5.74) is 2.09. The highest BCUT2D eigenvalue weighted by Gasteiger charge is 2.10. The van der Waals surface area contributed by atoms with Crippen LogP contribution in [-0.4, -0.2) is 63.2 Å². The Kier molecular flexibility index (Phi) is 8.80. The van der Waals surface area contributed by atoms with Gasteiger partial charge in [-0.1, -0.05) is 12.1 Å². The smallest absolute Gasteiger partial charge is 0.224 e. The Balaban J connectivity index is 1.33. The van der Waals surface area contributed by atoms with E-state index in [2.05, 4.69) is 22.3 Å². The maximum Gasteiger partial charge on any atom is 0.224 e. The zero-order valence-electron chi connectivity index (χ0n) is 17.9. The molecule has 1 heterocycles. The Labute approximate surface area is 189 Å². The average Bonchev–Trinajstić information content (AvgIpc) is 2.77. The first-order valence-electron chi connectivity index (χ1n) is 10.5. The van der Waals surface area contributed by atoms with Crippen LogP contribution < -0.4 is 10.1 Å². The third-order valence-corrected chi connectivity index (χ3v) is 7.20. The third kappa shape index (κ3) is 8.20. The van der Waals surface area contributed by atoms with E-state index >= 15 is 0 Å². The molecular formula is C23H30N2O4S2. The molecule has 2 aromatic rings. The van der Waals surface area contributed by atoms with Gasteiger partial charge in [-0.25, -0.2) is 8.42 Å². The van der Waals surface area contributed by atoms with Crippen LogP contribution in [-0.2, 0) is 21.1 Å². The molecule has 1 aliphatic rings. The number of carbonyl (C=O) groups excluding carboxylic acids is 1. The normalized spacial score (nSPS) is 14.9. The van der Waals surface area contributed by atoms with Crippen molar-refractivity contribution in [2.45, 2.75) is 24.2 Å². The van der Waals surface area contributed by atoms with Crippen molar-refractivity contribution in [1.29, 1.82) is 0 Å². The van der Waals surface area contributed by atoms with Gasteiger partial charge in [0.05, 0.1) is 11.5 Å². The van der Waals surface area contributed by atoms with E-state index in [0.29, 0.717) is 25.2 Å². The summed E-state index contributed by atoms with van der Waals surface area (Å²) >= 11 is 2.03. The van der Waals surface area contributed by atoms with E-state index in [1.165, 1.54) is 48.5 Å². The van der Waals surface area contributed by atoms with Crippen molar-refractivity contribution in [3.63, 3.8) is 0 Å². The van der Waals surface area contributed by atoms with Crippen molar-refractivity contribution in [2.24, 2.45) is 0 Å². The highest BCUT2D eigenvalue weighted by Crippen LogP contribution is 2.17. The van der Waals surface area contributed by atoms with E-state index in [9.17, 15) is 13.2 Å². The van der Waals surface area contributed by atoms with E-state index in [4.69, 9.17) is 4.74 Å². The molecule has 1 N–H and O–H groups in total. The molecule has 0 radical (unpaired) electrons. The van der Waals surface area contributed by atoms with Gasteiger partial charge in [0.2, 0.25) is 5.91 Å². The number of hydrogen-bond donors (Lipinski definition) is 1. The fourth-order valence-electron chi connectivity index (χ4n) is 3.30. The molecule has 0 aromatic heterocycles. The molecule has 1 saturated heterocycles. The minimum absolute atomic E-state index is 0.0467. The summed E-state index contributed by atoms with van der Waals surface area (Å²) in [6.45, 7) is 3.83. The molecule has 6 nitrogen and oxygen atoms in total. The lowest BCUT2D eigenvalue weighted by atomic mass is 10.1. The number of ether oxygens (including phenoxy) is 1. The predicted octanol–water partition coefficient (Wildman–Crippen LogP) is 3.48. The first-order chi connectivity index (χ1) is 14.9. The van der Waals surface area contributed by atoms with E-state index in [1.807, 2.05) is 23.9 Å². The number of carbonyl (C=O) groups is 1. The van der Waals surface area contributed by atoms with Crippen LogP contribution >= 0.6 is 11.8 Å². The Morgan fingerprint density at radius 3 is 2.39 bits per heavy atom. The summed E-state index contributed by atoms with van der Waals surface area (Å²) in [6.07, 6.45) is 3.13. The van der Waals surface area contributed by atoms with Gasteiger partial charge in [-0.3, -0.25) is 4.79 Å². The highest BCUT2D eigenvalue weighted by atomic mass is 32.2. The number of nitrogens with zero attached hydrogens (tertiary/aromatic N) is 1. The number of hydrogen-bond acceptors (Lipinski definition) is 6. The van der Waals surface area contributed by atoms with Crippen molar-refractivity contribution in [3.05, 3.63) is 54.1 Å². The van der Waals surface area contributed by atoms with Gasteiger partial charge in [0.15, 0.2) is 9.84 Å². The molecule has 31 heavy (non-hydrogen) atoms. The van der Waals surface area contributed by atoms with Crippen LogP contribution in [0.3, 0.4) is 0 Å². The molecule has 2 aromatic carbocycles. The fraction of sp³-hybridized carbons (Fsp3) is 0.435. The number of rotatable bonds is 10. The van der Waals surface area contributed by atoms with E-state index in [0.717, 1.165) is 18.7 Å². The number of anilines is 1. The van der Waals surface area contributed by atoms with Gasteiger partial charge in [-0.2, -0.15) is 11.8 Å². The summed E-state index contributed by atoms with van der Waals surface area (Å²) in [4.78, 5) is 14.9. The largest absolute Gasteiger partial charge is 0.494 e. The molecule has 1 fully saturated rings. The molecule has 0 bridgehead atoms. The van der Waals surface area contributed by atoms with Crippen molar-refractivity contribution in [3.8, 4) is 5.75 Å². The van der Waals surface area contributed by atoms with Crippen LogP contribution in [0.1, 0.15) is 18.4 Å². The van der Waals surface area contributed by atoms with Gasteiger partial charge < -0.3 is 15.0 Å². The van der Waals surface area contributed by atoms with Gasteiger partial charge in [0, 0.05) is 49.5 Å². The minimum atomic E-state index is -3.21. The minimum Gasteiger partial charge on any atom is -0.494 e. The standard InChI is InChI=1S/C23H30N2O4S2/c1-31(27,28)22-10-8-21(9-11-22)29-16-2-3-23(26)24-20-6-4-19(5-7-20)12-13-25-14-17-30-18-15-25/h4-11H,2-3,12-18H2,1H3,(H,24,26). The lowest BCUT2D eigenvalue weighted by molar-refractivity contribution is -0.116. The SMILES string of the molecule is CS(=O)(=O)c1ccc(OCCCC(=O)Nc2ccc(CCN3CCSCC3)cc2)cc1. The van der Waals surface area contributed by atoms with Gasteiger partial charge in [-0.05, 0) is 54.8 Å². The Bertz CT molecular complexity index is 939. The second-order valence-corrected chi connectivity index (χ2v) is 10.9. The zero-order valence-corrected chi connectivity index (χ0v) is 19.5. The van der Waals surface area contributed by atoms with Crippen molar-refractivity contribution in [2.75, 3.05) is 49.3 Å². The van der Waals surface area contributed by atoms with Gasteiger partial charge in [0.1, 0.15) is 5.75 Å². The number of benzene rings is 2. The molecule has 0 atom stereocenters. The van der Waals surface area contributed by atoms with Gasteiger partial charge in [0.25, 0.3) is 0 Å². The van der Waals surface area contributed by atoms with Gasteiger partial charge in [-0.15, -0.1) is 0 Å².